The third-order valence-electron chi connectivity index (χ3n) is 2.52. The highest BCUT2D eigenvalue weighted by Crippen LogP contribution is 2.25. The number of nitrogens with zero attached hydrogens (tertiary/aromatic N) is 3. The maximum atomic E-state index is 13.7. The first-order valence-electron chi connectivity index (χ1n) is 5.39. The van der Waals surface area contributed by atoms with Crippen LogP contribution in [-0.2, 0) is 5.88 Å². The van der Waals surface area contributed by atoms with Gasteiger partial charge in [0.2, 0.25) is 0 Å². The Kier molecular flexibility index (Phi) is 3.43. The van der Waals surface area contributed by atoms with Gasteiger partial charge in [-0.2, -0.15) is 0 Å². The molecule has 17 heavy (non-hydrogen) atoms. The zero-order chi connectivity index (χ0) is 12.4. The first-order valence-corrected chi connectivity index (χ1v) is 5.93. The van der Waals surface area contributed by atoms with Crippen LogP contribution >= 0.6 is 11.6 Å². The molecule has 0 amide bonds. The molecule has 0 spiro atoms. The Labute approximate surface area is 104 Å². The summed E-state index contributed by atoms with van der Waals surface area (Å²) in [6.45, 7) is 3.98. The van der Waals surface area contributed by atoms with E-state index in [1.807, 2.05) is 18.4 Å². The van der Waals surface area contributed by atoms with E-state index < -0.39 is 0 Å². The Bertz CT molecular complexity index is 522. The van der Waals surface area contributed by atoms with Crippen LogP contribution in [0.25, 0.3) is 11.4 Å². The molecular formula is C12H13ClFN3. The van der Waals surface area contributed by atoms with Crippen LogP contribution in [0, 0.1) is 5.82 Å². The van der Waals surface area contributed by atoms with Gasteiger partial charge in [0.1, 0.15) is 11.6 Å². The smallest absolute Gasteiger partial charge is 0.167 e. The predicted octanol–water partition coefficient (Wildman–Crippen LogP) is 3.40. The van der Waals surface area contributed by atoms with Crippen LogP contribution < -0.4 is 0 Å². The third-order valence-corrected chi connectivity index (χ3v) is 2.76. The largest absolute Gasteiger partial charge is 0.307 e. The molecule has 0 radical (unpaired) electrons. The van der Waals surface area contributed by atoms with Gasteiger partial charge in [0.15, 0.2) is 5.82 Å². The van der Waals surface area contributed by atoms with Crippen molar-refractivity contribution in [2.45, 2.75) is 25.8 Å². The molecule has 1 aromatic carbocycles. The number of rotatable bonds is 3. The molecule has 5 heteroatoms. The van der Waals surface area contributed by atoms with E-state index in [1.54, 1.807) is 18.2 Å². The Morgan fingerprint density at radius 2 is 2.00 bits per heavy atom. The van der Waals surface area contributed by atoms with E-state index in [1.165, 1.54) is 6.07 Å². The SMILES string of the molecule is CC(C)n1c(CCl)nnc1-c1ccccc1F. The van der Waals surface area contributed by atoms with Gasteiger partial charge in [-0.3, -0.25) is 0 Å². The van der Waals surface area contributed by atoms with Crippen LogP contribution in [0.3, 0.4) is 0 Å². The lowest BCUT2D eigenvalue weighted by atomic mass is 10.2. The summed E-state index contributed by atoms with van der Waals surface area (Å²) >= 11 is 5.80. The van der Waals surface area contributed by atoms with Gasteiger partial charge in [-0.15, -0.1) is 21.8 Å². The molecule has 0 aliphatic rings. The molecule has 0 unspecified atom stereocenters. The van der Waals surface area contributed by atoms with Gasteiger partial charge in [0.25, 0.3) is 0 Å². The van der Waals surface area contributed by atoms with E-state index >= 15 is 0 Å². The van der Waals surface area contributed by atoms with Crippen LogP contribution in [-0.4, -0.2) is 14.8 Å². The zero-order valence-corrected chi connectivity index (χ0v) is 10.4. The average molecular weight is 254 g/mol. The van der Waals surface area contributed by atoms with E-state index in [4.69, 9.17) is 11.6 Å². The van der Waals surface area contributed by atoms with Gasteiger partial charge in [0.05, 0.1) is 11.4 Å². The fraction of sp³-hybridized carbons (Fsp3) is 0.333. The van der Waals surface area contributed by atoms with Gasteiger partial charge < -0.3 is 4.57 Å². The summed E-state index contributed by atoms with van der Waals surface area (Å²) < 4.78 is 15.6. The van der Waals surface area contributed by atoms with Gasteiger partial charge in [-0.1, -0.05) is 12.1 Å². The molecule has 90 valence electrons. The average Bonchev–Trinajstić information content (AvgIpc) is 2.73. The summed E-state index contributed by atoms with van der Waals surface area (Å²) in [6.07, 6.45) is 0. The van der Waals surface area contributed by atoms with E-state index in [-0.39, 0.29) is 17.7 Å². The van der Waals surface area contributed by atoms with Crippen molar-refractivity contribution in [3.05, 3.63) is 35.9 Å². The topological polar surface area (TPSA) is 30.7 Å². The number of alkyl halides is 1. The fourth-order valence-corrected chi connectivity index (χ4v) is 1.97. The minimum absolute atomic E-state index is 0.133. The molecule has 0 aliphatic carbocycles. The van der Waals surface area contributed by atoms with Crippen LogP contribution in [0.4, 0.5) is 4.39 Å². The molecule has 1 heterocycles. The molecule has 0 bridgehead atoms. The normalized spacial score (nSPS) is 11.1. The summed E-state index contributed by atoms with van der Waals surface area (Å²) in [6, 6.07) is 6.66. The van der Waals surface area contributed by atoms with Crippen molar-refractivity contribution in [3.8, 4) is 11.4 Å². The summed E-state index contributed by atoms with van der Waals surface area (Å²) in [7, 11) is 0. The van der Waals surface area contributed by atoms with Crippen molar-refractivity contribution < 1.29 is 4.39 Å². The number of aromatic nitrogens is 3. The van der Waals surface area contributed by atoms with Crippen LogP contribution in [0.1, 0.15) is 25.7 Å². The van der Waals surface area contributed by atoms with Crippen LogP contribution in [0.2, 0.25) is 0 Å². The molecule has 0 saturated carbocycles. The maximum absolute atomic E-state index is 13.7. The van der Waals surface area contributed by atoms with Gasteiger partial charge >= 0.3 is 0 Å². The first-order chi connectivity index (χ1) is 8.15. The summed E-state index contributed by atoms with van der Waals surface area (Å²) in [5.74, 6) is 1.14. The number of hydrogen-bond acceptors (Lipinski definition) is 2. The van der Waals surface area contributed by atoms with Crippen molar-refractivity contribution in [1.29, 1.82) is 0 Å². The lowest BCUT2D eigenvalue weighted by Crippen LogP contribution is -2.07. The predicted molar refractivity (Wildman–Crippen MR) is 65.4 cm³/mol. The molecule has 2 rings (SSSR count). The van der Waals surface area contributed by atoms with E-state index in [9.17, 15) is 4.39 Å². The van der Waals surface area contributed by atoms with E-state index in [2.05, 4.69) is 10.2 Å². The maximum Gasteiger partial charge on any atom is 0.167 e. The number of hydrogen-bond donors (Lipinski definition) is 0. The molecular weight excluding hydrogens is 241 g/mol. The first kappa shape index (κ1) is 12.0. The van der Waals surface area contributed by atoms with E-state index in [0.717, 1.165) is 0 Å². The van der Waals surface area contributed by atoms with Crippen molar-refractivity contribution >= 4 is 11.6 Å². The minimum Gasteiger partial charge on any atom is -0.307 e. The van der Waals surface area contributed by atoms with Crippen LogP contribution in [0.5, 0.6) is 0 Å². The Hall–Kier alpha value is -1.42. The van der Waals surface area contributed by atoms with Crippen LogP contribution in [0.15, 0.2) is 24.3 Å². The molecule has 3 nitrogen and oxygen atoms in total. The lowest BCUT2D eigenvalue weighted by molar-refractivity contribution is 0.579. The number of benzene rings is 1. The highest BCUT2D eigenvalue weighted by molar-refractivity contribution is 6.16. The van der Waals surface area contributed by atoms with E-state index in [0.29, 0.717) is 17.2 Å². The molecule has 0 atom stereocenters. The second-order valence-electron chi connectivity index (χ2n) is 4.02. The van der Waals surface area contributed by atoms with Crippen molar-refractivity contribution in [2.75, 3.05) is 0 Å². The molecule has 0 aliphatic heterocycles. The third kappa shape index (κ3) is 2.17. The standard InChI is InChI=1S/C12H13ClFN3/c1-8(2)17-11(7-13)15-16-12(17)9-5-3-4-6-10(9)14/h3-6,8H,7H2,1-2H3. The molecule has 0 saturated heterocycles. The monoisotopic (exact) mass is 253 g/mol. The molecule has 0 N–H and O–H groups in total. The number of halogens is 2. The Morgan fingerprint density at radius 3 is 2.59 bits per heavy atom. The second kappa shape index (κ2) is 4.84. The quantitative estimate of drug-likeness (QED) is 0.785. The van der Waals surface area contributed by atoms with Crippen molar-refractivity contribution in [3.63, 3.8) is 0 Å². The lowest BCUT2D eigenvalue weighted by Gasteiger charge is -2.13. The summed E-state index contributed by atoms with van der Waals surface area (Å²) in [5, 5.41) is 8.02. The highest BCUT2D eigenvalue weighted by Gasteiger charge is 2.17. The summed E-state index contributed by atoms with van der Waals surface area (Å²) in [5.41, 5.74) is 0.449. The second-order valence-corrected chi connectivity index (χ2v) is 4.28. The fourth-order valence-electron chi connectivity index (χ4n) is 1.78. The summed E-state index contributed by atoms with van der Waals surface area (Å²) in [4.78, 5) is 0. The van der Waals surface area contributed by atoms with Gasteiger partial charge in [-0.25, -0.2) is 4.39 Å². The van der Waals surface area contributed by atoms with Gasteiger partial charge in [-0.05, 0) is 26.0 Å². The zero-order valence-electron chi connectivity index (χ0n) is 9.69. The van der Waals surface area contributed by atoms with Crippen molar-refractivity contribution in [2.24, 2.45) is 0 Å². The molecule has 0 fully saturated rings. The van der Waals surface area contributed by atoms with Crippen molar-refractivity contribution in [1.82, 2.24) is 14.8 Å². The highest BCUT2D eigenvalue weighted by atomic mass is 35.5. The molecule has 1 aromatic heterocycles. The van der Waals surface area contributed by atoms with Gasteiger partial charge in [0, 0.05) is 6.04 Å². The Morgan fingerprint density at radius 1 is 1.29 bits per heavy atom. The molecule has 2 aromatic rings. The Balaban J connectivity index is 2.60. The minimum atomic E-state index is -0.303.